The van der Waals surface area contributed by atoms with Crippen LogP contribution in [-0.2, 0) is 0 Å². The van der Waals surface area contributed by atoms with Gasteiger partial charge >= 0.3 is 0 Å². The van der Waals surface area contributed by atoms with E-state index in [1.165, 1.54) is 0 Å². The van der Waals surface area contributed by atoms with Crippen molar-refractivity contribution in [3.05, 3.63) is 54.4 Å². The van der Waals surface area contributed by atoms with Gasteiger partial charge in [0.2, 0.25) is 0 Å². The van der Waals surface area contributed by atoms with Crippen molar-refractivity contribution in [1.82, 2.24) is 20.4 Å². The summed E-state index contributed by atoms with van der Waals surface area (Å²) < 4.78 is 0. The van der Waals surface area contributed by atoms with Crippen LogP contribution in [0.3, 0.4) is 0 Å². The summed E-state index contributed by atoms with van der Waals surface area (Å²) in [6.45, 7) is 0. The summed E-state index contributed by atoms with van der Waals surface area (Å²) in [5, 5.41) is 20.6. The number of nitrogens with one attached hydrogen (secondary N) is 1. The number of hydrogen-bond donors (Lipinski definition) is 1. The highest BCUT2D eigenvalue weighted by Crippen LogP contribution is 2.37. The summed E-state index contributed by atoms with van der Waals surface area (Å²) in [6.07, 6.45) is 1.79. The first-order chi connectivity index (χ1) is 10.9. The molecular weight excluding hydrogens is 294 g/mol. The Labute approximate surface area is 129 Å². The number of fused-ring (bicyclic) bond motifs is 1. The van der Waals surface area contributed by atoms with Crippen molar-refractivity contribution in [2.75, 3.05) is 0 Å². The van der Waals surface area contributed by atoms with Crippen molar-refractivity contribution >= 4 is 22.2 Å². The Bertz CT molecular complexity index is 1000. The molecule has 0 unspecified atom stereocenters. The normalized spacial score (nSPS) is 10.7. The summed E-state index contributed by atoms with van der Waals surface area (Å²) >= 11 is 1.59. The number of hydrogen-bond acceptors (Lipinski definition) is 5. The van der Waals surface area contributed by atoms with Crippen LogP contribution in [0, 0.1) is 11.3 Å². The van der Waals surface area contributed by atoms with E-state index in [1.54, 1.807) is 17.5 Å². The van der Waals surface area contributed by atoms with Gasteiger partial charge in [-0.15, -0.1) is 16.4 Å². The van der Waals surface area contributed by atoms with E-state index < -0.39 is 0 Å². The molecule has 22 heavy (non-hydrogen) atoms. The zero-order chi connectivity index (χ0) is 14.9. The molecule has 0 bridgehead atoms. The first kappa shape index (κ1) is 12.7. The molecule has 0 aliphatic heterocycles. The molecule has 6 heteroatoms. The largest absolute Gasteiger partial charge is 0.256 e. The van der Waals surface area contributed by atoms with Crippen LogP contribution >= 0.6 is 11.3 Å². The van der Waals surface area contributed by atoms with Crippen LogP contribution in [0.15, 0.2) is 48.7 Å². The fourth-order valence-corrected chi connectivity index (χ4v) is 3.44. The standard InChI is InChI=1S/C16H9N5S/c17-9-13-16(20-21-19-13)15-7-6-14(22-15)11-3-1-5-12-10(11)4-2-8-18-12/h1-8H,(H,19,20,21). The molecule has 0 amide bonds. The zero-order valence-corrected chi connectivity index (χ0v) is 12.1. The highest BCUT2D eigenvalue weighted by molar-refractivity contribution is 7.18. The lowest BCUT2D eigenvalue weighted by Gasteiger charge is -2.03. The number of H-pyrrole nitrogens is 1. The molecule has 1 aromatic carbocycles. The minimum Gasteiger partial charge on any atom is -0.256 e. The molecule has 4 rings (SSSR count). The third-order valence-electron chi connectivity index (χ3n) is 3.40. The average Bonchev–Trinajstić information content (AvgIpc) is 3.22. The molecule has 104 valence electrons. The molecule has 0 aliphatic carbocycles. The number of aromatic nitrogens is 4. The molecule has 0 spiro atoms. The van der Waals surface area contributed by atoms with E-state index in [2.05, 4.69) is 32.5 Å². The summed E-state index contributed by atoms with van der Waals surface area (Å²) in [5.74, 6) is 0. The molecule has 0 aliphatic rings. The summed E-state index contributed by atoms with van der Waals surface area (Å²) in [5.41, 5.74) is 3.00. The Hall–Kier alpha value is -3.04. The van der Waals surface area contributed by atoms with Gasteiger partial charge in [0.15, 0.2) is 5.69 Å². The summed E-state index contributed by atoms with van der Waals surface area (Å²) in [4.78, 5) is 6.42. The molecule has 4 aromatic rings. The molecule has 0 fully saturated rings. The van der Waals surface area contributed by atoms with Gasteiger partial charge in [0.1, 0.15) is 11.8 Å². The SMILES string of the molecule is N#Cc1n[nH]nc1-c1ccc(-c2cccc3ncccc23)s1. The third-order valence-corrected chi connectivity index (χ3v) is 4.53. The van der Waals surface area contributed by atoms with E-state index in [4.69, 9.17) is 5.26 Å². The average molecular weight is 303 g/mol. The molecule has 0 radical (unpaired) electrons. The first-order valence-corrected chi connectivity index (χ1v) is 7.43. The first-order valence-electron chi connectivity index (χ1n) is 6.62. The van der Waals surface area contributed by atoms with E-state index in [9.17, 15) is 0 Å². The predicted molar refractivity (Wildman–Crippen MR) is 85.1 cm³/mol. The maximum absolute atomic E-state index is 9.06. The van der Waals surface area contributed by atoms with Gasteiger partial charge in [-0.25, -0.2) is 0 Å². The van der Waals surface area contributed by atoms with Gasteiger partial charge in [0, 0.05) is 22.0 Å². The van der Waals surface area contributed by atoms with Gasteiger partial charge in [0.05, 0.1) is 10.4 Å². The Kier molecular flexibility index (Phi) is 2.92. The minimum absolute atomic E-state index is 0.313. The monoisotopic (exact) mass is 303 g/mol. The van der Waals surface area contributed by atoms with E-state index in [-0.39, 0.29) is 0 Å². The van der Waals surface area contributed by atoms with E-state index in [1.807, 2.05) is 36.4 Å². The fraction of sp³-hybridized carbons (Fsp3) is 0. The molecule has 3 heterocycles. The Morgan fingerprint density at radius 2 is 1.91 bits per heavy atom. The number of benzene rings is 1. The zero-order valence-electron chi connectivity index (χ0n) is 11.3. The van der Waals surface area contributed by atoms with Gasteiger partial charge in [-0.3, -0.25) is 4.98 Å². The van der Waals surface area contributed by atoms with Gasteiger partial charge in [0.25, 0.3) is 0 Å². The highest BCUT2D eigenvalue weighted by Gasteiger charge is 2.14. The van der Waals surface area contributed by atoms with Crippen molar-refractivity contribution in [2.24, 2.45) is 0 Å². The molecule has 0 atom stereocenters. The molecule has 5 nitrogen and oxygen atoms in total. The highest BCUT2D eigenvalue weighted by atomic mass is 32.1. The third kappa shape index (κ3) is 1.96. The van der Waals surface area contributed by atoms with Gasteiger partial charge in [-0.1, -0.05) is 18.2 Å². The van der Waals surface area contributed by atoms with Crippen molar-refractivity contribution in [1.29, 1.82) is 5.26 Å². The number of aromatic amines is 1. The van der Waals surface area contributed by atoms with Crippen molar-refractivity contribution in [3.8, 4) is 27.1 Å². The van der Waals surface area contributed by atoms with Crippen LogP contribution in [0.5, 0.6) is 0 Å². The maximum atomic E-state index is 9.06. The molecular formula is C16H9N5S. The Balaban J connectivity index is 1.86. The van der Waals surface area contributed by atoms with Crippen LogP contribution in [0.4, 0.5) is 0 Å². The number of rotatable bonds is 2. The topological polar surface area (TPSA) is 78.2 Å². The van der Waals surface area contributed by atoms with Gasteiger partial charge in [-0.05, 0) is 24.3 Å². The van der Waals surface area contributed by atoms with Gasteiger partial charge in [-0.2, -0.15) is 15.6 Å². The lowest BCUT2D eigenvalue weighted by atomic mass is 10.1. The number of nitriles is 1. The quantitative estimate of drug-likeness (QED) is 0.613. The van der Waals surface area contributed by atoms with Crippen LogP contribution in [0.25, 0.3) is 31.9 Å². The van der Waals surface area contributed by atoms with E-state index >= 15 is 0 Å². The second-order valence-corrected chi connectivity index (χ2v) is 5.76. The maximum Gasteiger partial charge on any atom is 0.191 e. The van der Waals surface area contributed by atoms with Crippen LogP contribution in [0.2, 0.25) is 0 Å². The van der Waals surface area contributed by atoms with Crippen molar-refractivity contribution < 1.29 is 0 Å². The fourth-order valence-electron chi connectivity index (χ4n) is 2.41. The Morgan fingerprint density at radius 3 is 2.82 bits per heavy atom. The van der Waals surface area contributed by atoms with E-state index in [0.29, 0.717) is 11.4 Å². The minimum atomic E-state index is 0.313. The predicted octanol–water partition coefficient (Wildman–Crippen LogP) is 3.62. The second kappa shape index (κ2) is 5.06. The number of pyridine rings is 1. The summed E-state index contributed by atoms with van der Waals surface area (Å²) in [6, 6.07) is 16.1. The van der Waals surface area contributed by atoms with Crippen LogP contribution < -0.4 is 0 Å². The lowest BCUT2D eigenvalue weighted by molar-refractivity contribution is 0.937. The smallest absolute Gasteiger partial charge is 0.191 e. The molecule has 3 aromatic heterocycles. The van der Waals surface area contributed by atoms with Crippen molar-refractivity contribution in [2.45, 2.75) is 0 Å². The van der Waals surface area contributed by atoms with Crippen molar-refractivity contribution in [3.63, 3.8) is 0 Å². The number of thiophene rings is 1. The molecule has 1 N–H and O–H groups in total. The van der Waals surface area contributed by atoms with Gasteiger partial charge < -0.3 is 0 Å². The second-order valence-electron chi connectivity index (χ2n) is 4.67. The Morgan fingerprint density at radius 1 is 1.00 bits per heavy atom. The lowest BCUT2D eigenvalue weighted by Crippen LogP contribution is -1.80. The van der Waals surface area contributed by atoms with Crippen LogP contribution in [0.1, 0.15) is 5.69 Å². The summed E-state index contributed by atoms with van der Waals surface area (Å²) in [7, 11) is 0. The van der Waals surface area contributed by atoms with E-state index in [0.717, 1.165) is 26.2 Å². The van der Waals surface area contributed by atoms with Crippen LogP contribution in [-0.4, -0.2) is 20.4 Å². The molecule has 0 saturated carbocycles. The number of nitrogens with zero attached hydrogens (tertiary/aromatic N) is 4. The molecule has 0 saturated heterocycles.